The zero-order valence-electron chi connectivity index (χ0n) is 10.5. The Bertz CT molecular complexity index is 662. The fourth-order valence-corrected chi connectivity index (χ4v) is 3.35. The summed E-state index contributed by atoms with van der Waals surface area (Å²) in [7, 11) is -3.71. The van der Waals surface area contributed by atoms with Crippen molar-refractivity contribution in [1.29, 1.82) is 0 Å². The lowest BCUT2D eigenvalue weighted by atomic mass is 10.1. The number of carboxylic acid groups (broad SMARTS) is 1. The third-order valence-corrected chi connectivity index (χ3v) is 5.41. The second kappa shape index (κ2) is 4.06. The molecule has 0 aromatic heterocycles. The van der Waals surface area contributed by atoms with E-state index in [0.717, 1.165) is 4.31 Å². The minimum Gasteiger partial charge on any atom is -0.481 e. The molecule has 1 amide bonds. The Balaban J connectivity index is 2.40. The number of anilines is 1. The smallest absolute Gasteiger partial charge is 0.307 e. The lowest BCUT2D eigenvalue weighted by Gasteiger charge is -2.42. The van der Waals surface area contributed by atoms with E-state index in [9.17, 15) is 18.0 Å². The number of benzene rings is 1. The molecule has 0 atom stereocenters. The molecule has 0 bridgehead atoms. The van der Waals surface area contributed by atoms with E-state index in [2.05, 4.69) is 0 Å². The third kappa shape index (κ3) is 1.90. The lowest BCUT2D eigenvalue weighted by Crippen LogP contribution is -2.67. The second-order valence-electron chi connectivity index (χ2n) is 4.83. The van der Waals surface area contributed by atoms with E-state index in [-0.39, 0.29) is 12.1 Å². The van der Waals surface area contributed by atoms with Crippen molar-refractivity contribution < 1.29 is 23.1 Å². The predicted octanol–water partition coefficient (Wildman–Crippen LogP) is 0.769. The SMILES string of the molecule is CC1(C)C(=O)N(c2cccc(CC(=O)O)c2)S1(=O)=O. The van der Waals surface area contributed by atoms with Gasteiger partial charge >= 0.3 is 5.97 Å². The molecule has 0 radical (unpaired) electrons. The number of rotatable bonds is 3. The molecule has 0 aliphatic carbocycles. The summed E-state index contributed by atoms with van der Waals surface area (Å²) < 4.78 is 23.3. The number of hydrogen-bond acceptors (Lipinski definition) is 4. The topological polar surface area (TPSA) is 91.8 Å². The van der Waals surface area contributed by atoms with Gasteiger partial charge in [0, 0.05) is 0 Å². The zero-order valence-corrected chi connectivity index (χ0v) is 11.3. The molecule has 2 rings (SSSR count). The van der Waals surface area contributed by atoms with E-state index in [0.29, 0.717) is 5.56 Å². The van der Waals surface area contributed by atoms with Gasteiger partial charge in [0.05, 0.1) is 12.1 Å². The van der Waals surface area contributed by atoms with Crippen molar-refractivity contribution in [3.05, 3.63) is 29.8 Å². The first-order valence-electron chi connectivity index (χ1n) is 5.58. The molecule has 1 aromatic rings. The van der Waals surface area contributed by atoms with Crippen molar-refractivity contribution in [3.63, 3.8) is 0 Å². The fourth-order valence-electron chi connectivity index (χ4n) is 1.88. The van der Waals surface area contributed by atoms with Gasteiger partial charge in [0.15, 0.2) is 4.75 Å². The Hall–Kier alpha value is -1.89. The van der Waals surface area contributed by atoms with Gasteiger partial charge in [0.1, 0.15) is 0 Å². The minimum absolute atomic E-state index is 0.183. The van der Waals surface area contributed by atoms with Crippen LogP contribution in [0.1, 0.15) is 19.4 Å². The summed E-state index contributed by atoms with van der Waals surface area (Å²) in [5, 5.41) is 8.71. The number of carbonyl (C=O) groups is 2. The molecule has 1 heterocycles. The van der Waals surface area contributed by atoms with Gasteiger partial charge in [-0.1, -0.05) is 12.1 Å². The first-order chi connectivity index (χ1) is 8.68. The molecule has 102 valence electrons. The molecule has 0 spiro atoms. The summed E-state index contributed by atoms with van der Waals surface area (Å²) >= 11 is 0. The number of aliphatic carboxylic acids is 1. The number of carbonyl (C=O) groups excluding carboxylic acids is 1. The Morgan fingerprint density at radius 2 is 2.00 bits per heavy atom. The van der Waals surface area contributed by atoms with Gasteiger partial charge in [-0.15, -0.1) is 0 Å². The van der Waals surface area contributed by atoms with Gasteiger partial charge in [0.2, 0.25) is 0 Å². The normalized spacial score (nSPS) is 19.9. The summed E-state index contributed by atoms with van der Waals surface area (Å²) in [5.74, 6) is -1.53. The van der Waals surface area contributed by atoms with E-state index in [4.69, 9.17) is 5.11 Å². The molecule has 1 aliphatic rings. The van der Waals surface area contributed by atoms with Crippen LogP contribution in [-0.2, 0) is 26.0 Å². The van der Waals surface area contributed by atoms with Crippen LogP contribution in [0.4, 0.5) is 5.69 Å². The van der Waals surface area contributed by atoms with Crippen LogP contribution >= 0.6 is 0 Å². The van der Waals surface area contributed by atoms with E-state index >= 15 is 0 Å². The number of sulfonamides is 1. The van der Waals surface area contributed by atoms with Crippen molar-refractivity contribution in [2.24, 2.45) is 0 Å². The first-order valence-corrected chi connectivity index (χ1v) is 7.02. The summed E-state index contributed by atoms with van der Waals surface area (Å²) in [6.07, 6.45) is -0.223. The molecule has 1 aromatic carbocycles. The summed E-state index contributed by atoms with van der Waals surface area (Å²) in [4.78, 5) is 22.5. The van der Waals surface area contributed by atoms with Crippen molar-refractivity contribution in [3.8, 4) is 0 Å². The first kappa shape index (κ1) is 13.5. The minimum atomic E-state index is -3.71. The van der Waals surface area contributed by atoms with Gasteiger partial charge in [-0.25, -0.2) is 12.7 Å². The molecule has 1 fully saturated rings. The maximum Gasteiger partial charge on any atom is 0.307 e. The van der Waals surface area contributed by atoms with Crippen LogP contribution in [-0.4, -0.2) is 30.1 Å². The van der Waals surface area contributed by atoms with E-state index in [1.54, 1.807) is 6.07 Å². The van der Waals surface area contributed by atoms with Crippen molar-refractivity contribution >= 4 is 27.6 Å². The monoisotopic (exact) mass is 283 g/mol. The predicted molar refractivity (Wildman–Crippen MR) is 68.3 cm³/mol. The quantitative estimate of drug-likeness (QED) is 0.884. The molecule has 6 nitrogen and oxygen atoms in total. The van der Waals surface area contributed by atoms with Crippen LogP contribution in [0.5, 0.6) is 0 Å². The number of hydrogen-bond donors (Lipinski definition) is 1. The summed E-state index contributed by atoms with van der Waals surface area (Å²) in [6.45, 7) is 2.70. The van der Waals surface area contributed by atoms with Crippen LogP contribution in [0.3, 0.4) is 0 Å². The van der Waals surface area contributed by atoms with E-state index < -0.39 is 26.6 Å². The average Bonchev–Trinajstić information content (AvgIpc) is 2.28. The van der Waals surface area contributed by atoms with Crippen LogP contribution < -0.4 is 4.31 Å². The second-order valence-corrected chi connectivity index (χ2v) is 7.16. The standard InChI is InChI=1S/C12H13NO5S/c1-12(2)11(16)13(19(12,17)18)9-5-3-4-8(6-9)7-10(14)15/h3-6H,7H2,1-2H3,(H,14,15). The van der Waals surface area contributed by atoms with Gasteiger partial charge < -0.3 is 5.11 Å². The van der Waals surface area contributed by atoms with E-state index in [1.807, 2.05) is 0 Å². The molecular weight excluding hydrogens is 270 g/mol. The van der Waals surface area contributed by atoms with Gasteiger partial charge in [0.25, 0.3) is 15.9 Å². The largest absolute Gasteiger partial charge is 0.481 e. The molecule has 0 unspecified atom stereocenters. The lowest BCUT2D eigenvalue weighted by molar-refractivity contribution is -0.136. The highest BCUT2D eigenvalue weighted by molar-refractivity contribution is 7.98. The van der Waals surface area contributed by atoms with Crippen molar-refractivity contribution in [1.82, 2.24) is 0 Å². The maximum absolute atomic E-state index is 12.0. The highest BCUT2D eigenvalue weighted by Crippen LogP contribution is 2.39. The fraction of sp³-hybridized carbons (Fsp3) is 0.333. The maximum atomic E-state index is 12.0. The Morgan fingerprint density at radius 3 is 2.53 bits per heavy atom. The van der Waals surface area contributed by atoms with E-state index in [1.165, 1.54) is 32.0 Å². The zero-order chi connectivity index (χ0) is 14.4. The third-order valence-electron chi connectivity index (χ3n) is 3.09. The highest BCUT2D eigenvalue weighted by Gasteiger charge is 2.60. The van der Waals surface area contributed by atoms with Crippen LogP contribution in [0.15, 0.2) is 24.3 Å². The van der Waals surface area contributed by atoms with Gasteiger partial charge in [-0.3, -0.25) is 9.59 Å². The average molecular weight is 283 g/mol. The van der Waals surface area contributed by atoms with Gasteiger partial charge in [-0.05, 0) is 31.5 Å². The molecule has 1 saturated heterocycles. The number of carboxylic acids is 1. The Labute approximate surface area is 110 Å². The summed E-state index contributed by atoms with van der Waals surface area (Å²) in [5.41, 5.74) is 0.626. The summed E-state index contributed by atoms with van der Waals surface area (Å²) in [6, 6.07) is 5.97. The van der Waals surface area contributed by atoms with Crippen LogP contribution in [0.2, 0.25) is 0 Å². The Kier molecular flexibility index (Phi) is 2.89. The molecular formula is C12H13NO5S. The molecule has 19 heavy (non-hydrogen) atoms. The highest BCUT2D eigenvalue weighted by atomic mass is 32.2. The molecule has 1 aliphatic heterocycles. The van der Waals surface area contributed by atoms with Crippen molar-refractivity contribution in [2.45, 2.75) is 25.0 Å². The van der Waals surface area contributed by atoms with Crippen LogP contribution in [0, 0.1) is 0 Å². The molecule has 7 heteroatoms. The molecule has 0 saturated carbocycles. The van der Waals surface area contributed by atoms with Crippen LogP contribution in [0.25, 0.3) is 0 Å². The molecule has 1 N–H and O–H groups in total. The van der Waals surface area contributed by atoms with Gasteiger partial charge in [-0.2, -0.15) is 0 Å². The number of nitrogens with zero attached hydrogens (tertiary/aromatic N) is 1. The van der Waals surface area contributed by atoms with Crippen molar-refractivity contribution in [2.75, 3.05) is 4.31 Å². The Morgan fingerprint density at radius 1 is 1.37 bits per heavy atom. The number of amides is 1.